The van der Waals surface area contributed by atoms with Gasteiger partial charge in [-0.1, -0.05) is 46.3 Å². The molecule has 2 aromatic rings. The molecule has 1 aliphatic rings. The van der Waals surface area contributed by atoms with E-state index in [2.05, 4.69) is 46.3 Å². The van der Waals surface area contributed by atoms with Crippen LogP contribution in [0.1, 0.15) is 16.7 Å². The minimum Gasteiger partial charge on any atom is -0.0876 e. The Kier molecular flexibility index (Phi) is 1.88. The highest BCUT2D eigenvalue weighted by molar-refractivity contribution is 9.08. The van der Waals surface area contributed by atoms with E-state index in [0.717, 1.165) is 5.33 Å². The smallest absolute Gasteiger partial charge is 0.0289 e. The molecule has 70 valence electrons. The molecule has 0 N–H and O–H groups in total. The number of benzene rings is 2. The maximum absolute atomic E-state index is 3.55. The molecule has 0 heterocycles. The van der Waals surface area contributed by atoms with Crippen molar-refractivity contribution >= 4 is 26.7 Å². The minimum absolute atomic E-state index is 0.952. The molecule has 0 bridgehead atoms. The average Bonchev–Trinajstić information content (AvgIpc) is 2.65. The Hall–Kier alpha value is -0.820. The van der Waals surface area contributed by atoms with E-state index >= 15 is 0 Å². The zero-order chi connectivity index (χ0) is 9.54. The third-order valence-corrected chi connectivity index (χ3v) is 3.72. The SMILES string of the molecule is BrCc1ccc2c3c(cccc13)CC2. The van der Waals surface area contributed by atoms with Crippen LogP contribution in [0, 0.1) is 0 Å². The highest BCUT2D eigenvalue weighted by atomic mass is 79.9. The first-order valence-corrected chi connectivity index (χ1v) is 6.10. The van der Waals surface area contributed by atoms with Gasteiger partial charge in [0.1, 0.15) is 0 Å². The van der Waals surface area contributed by atoms with Crippen molar-refractivity contribution in [2.45, 2.75) is 18.2 Å². The summed E-state index contributed by atoms with van der Waals surface area (Å²) in [7, 11) is 0. The van der Waals surface area contributed by atoms with Crippen molar-refractivity contribution in [2.24, 2.45) is 0 Å². The lowest BCUT2D eigenvalue weighted by molar-refractivity contribution is 1.02. The van der Waals surface area contributed by atoms with Gasteiger partial charge >= 0.3 is 0 Å². The van der Waals surface area contributed by atoms with Crippen LogP contribution in [0.3, 0.4) is 0 Å². The van der Waals surface area contributed by atoms with E-state index in [1.165, 1.54) is 40.3 Å². The van der Waals surface area contributed by atoms with Crippen molar-refractivity contribution in [1.29, 1.82) is 0 Å². The van der Waals surface area contributed by atoms with Crippen LogP contribution < -0.4 is 0 Å². The molecule has 0 fully saturated rings. The molecule has 0 saturated heterocycles. The number of alkyl halides is 1. The molecule has 0 unspecified atom stereocenters. The van der Waals surface area contributed by atoms with Gasteiger partial charge in [-0.3, -0.25) is 0 Å². The van der Waals surface area contributed by atoms with Crippen LogP contribution >= 0.6 is 15.9 Å². The topological polar surface area (TPSA) is 0 Å². The Labute approximate surface area is 92.1 Å². The zero-order valence-electron chi connectivity index (χ0n) is 7.89. The summed E-state index contributed by atoms with van der Waals surface area (Å²) in [5.41, 5.74) is 4.47. The van der Waals surface area contributed by atoms with Crippen molar-refractivity contribution < 1.29 is 0 Å². The maximum Gasteiger partial charge on any atom is 0.0289 e. The first-order valence-electron chi connectivity index (χ1n) is 4.98. The van der Waals surface area contributed by atoms with Crippen LogP contribution in [0.2, 0.25) is 0 Å². The summed E-state index contributed by atoms with van der Waals surface area (Å²) in [4.78, 5) is 0. The molecule has 3 rings (SSSR count). The quantitative estimate of drug-likeness (QED) is 0.672. The predicted molar refractivity (Wildman–Crippen MR) is 64.0 cm³/mol. The second-order valence-electron chi connectivity index (χ2n) is 3.86. The Balaban J connectivity index is 2.48. The molecule has 1 aliphatic carbocycles. The average molecular weight is 247 g/mol. The lowest BCUT2D eigenvalue weighted by Crippen LogP contribution is -1.84. The summed E-state index contributed by atoms with van der Waals surface area (Å²) in [5.74, 6) is 0. The molecule has 0 amide bonds. The molecule has 0 aliphatic heterocycles. The first-order chi connectivity index (χ1) is 6.90. The van der Waals surface area contributed by atoms with Gasteiger partial charge in [-0.25, -0.2) is 0 Å². The summed E-state index contributed by atoms with van der Waals surface area (Å²) in [5, 5.41) is 3.91. The van der Waals surface area contributed by atoms with E-state index < -0.39 is 0 Å². The predicted octanol–water partition coefficient (Wildman–Crippen LogP) is 3.83. The Morgan fingerprint density at radius 2 is 1.79 bits per heavy atom. The van der Waals surface area contributed by atoms with E-state index in [1.54, 1.807) is 0 Å². The number of hydrogen-bond acceptors (Lipinski definition) is 0. The van der Waals surface area contributed by atoms with Crippen LogP contribution in [-0.4, -0.2) is 0 Å². The lowest BCUT2D eigenvalue weighted by Gasteiger charge is -2.05. The number of aryl methyl sites for hydroxylation is 2. The largest absolute Gasteiger partial charge is 0.0876 e. The zero-order valence-corrected chi connectivity index (χ0v) is 9.47. The van der Waals surface area contributed by atoms with Crippen molar-refractivity contribution in [3.8, 4) is 0 Å². The highest BCUT2D eigenvalue weighted by Gasteiger charge is 2.14. The molecule has 0 aromatic heterocycles. The second kappa shape index (κ2) is 3.09. The van der Waals surface area contributed by atoms with Gasteiger partial charge in [0.15, 0.2) is 0 Å². The normalized spacial score (nSPS) is 13.8. The van der Waals surface area contributed by atoms with Gasteiger partial charge < -0.3 is 0 Å². The molecule has 14 heavy (non-hydrogen) atoms. The fourth-order valence-corrected chi connectivity index (χ4v) is 2.91. The van der Waals surface area contributed by atoms with Crippen LogP contribution in [0.15, 0.2) is 30.3 Å². The van der Waals surface area contributed by atoms with E-state index in [-0.39, 0.29) is 0 Å². The van der Waals surface area contributed by atoms with Gasteiger partial charge in [0.2, 0.25) is 0 Å². The van der Waals surface area contributed by atoms with Crippen LogP contribution in [-0.2, 0) is 18.2 Å². The van der Waals surface area contributed by atoms with Gasteiger partial charge in [-0.05, 0) is 40.3 Å². The molecule has 0 spiro atoms. The number of halogens is 1. The van der Waals surface area contributed by atoms with Crippen LogP contribution in [0.25, 0.3) is 10.8 Å². The summed E-state index contributed by atoms with van der Waals surface area (Å²) in [6, 6.07) is 11.2. The Morgan fingerprint density at radius 3 is 2.57 bits per heavy atom. The molecule has 0 radical (unpaired) electrons. The van der Waals surface area contributed by atoms with Crippen LogP contribution in [0.5, 0.6) is 0 Å². The van der Waals surface area contributed by atoms with E-state index in [0.29, 0.717) is 0 Å². The fourth-order valence-electron chi connectivity index (χ4n) is 2.42. The standard InChI is InChI=1S/C13H11Br/c14-8-11-7-6-10-5-4-9-2-1-3-12(11)13(9)10/h1-3,6-7H,4-5,8H2. The van der Waals surface area contributed by atoms with E-state index in [4.69, 9.17) is 0 Å². The van der Waals surface area contributed by atoms with Crippen molar-refractivity contribution in [1.82, 2.24) is 0 Å². The highest BCUT2D eigenvalue weighted by Crippen LogP contribution is 2.33. The van der Waals surface area contributed by atoms with Crippen LogP contribution in [0.4, 0.5) is 0 Å². The maximum atomic E-state index is 3.55. The molecule has 0 nitrogen and oxygen atoms in total. The van der Waals surface area contributed by atoms with Gasteiger partial charge in [0, 0.05) is 5.33 Å². The summed E-state index contributed by atoms with van der Waals surface area (Å²) in [6.45, 7) is 0. The van der Waals surface area contributed by atoms with Crippen molar-refractivity contribution in [3.63, 3.8) is 0 Å². The Bertz CT molecular complexity index is 490. The third-order valence-electron chi connectivity index (χ3n) is 3.11. The monoisotopic (exact) mass is 246 g/mol. The summed E-state index contributed by atoms with van der Waals surface area (Å²) in [6.07, 6.45) is 2.44. The fraction of sp³-hybridized carbons (Fsp3) is 0.231. The first kappa shape index (κ1) is 8.49. The lowest BCUT2D eigenvalue weighted by atomic mass is 10.0. The van der Waals surface area contributed by atoms with Gasteiger partial charge in [-0.15, -0.1) is 0 Å². The minimum atomic E-state index is 0.952. The molecule has 0 atom stereocenters. The Morgan fingerprint density at radius 1 is 1.00 bits per heavy atom. The molecule has 2 aromatic carbocycles. The molecular formula is C13H11Br. The third kappa shape index (κ3) is 1.05. The summed E-state index contributed by atoms with van der Waals surface area (Å²) >= 11 is 3.55. The van der Waals surface area contributed by atoms with Crippen molar-refractivity contribution in [3.05, 3.63) is 47.0 Å². The number of rotatable bonds is 1. The molecule has 0 saturated carbocycles. The van der Waals surface area contributed by atoms with Gasteiger partial charge in [0.25, 0.3) is 0 Å². The van der Waals surface area contributed by atoms with Gasteiger partial charge in [-0.2, -0.15) is 0 Å². The molecular weight excluding hydrogens is 236 g/mol. The van der Waals surface area contributed by atoms with Crippen molar-refractivity contribution in [2.75, 3.05) is 0 Å². The molecule has 1 heteroatoms. The van der Waals surface area contributed by atoms with E-state index in [9.17, 15) is 0 Å². The van der Waals surface area contributed by atoms with E-state index in [1.807, 2.05) is 0 Å². The number of hydrogen-bond donors (Lipinski definition) is 0. The van der Waals surface area contributed by atoms with Gasteiger partial charge in [0.05, 0.1) is 0 Å². The second-order valence-corrected chi connectivity index (χ2v) is 4.42. The summed E-state index contributed by atoms with van der Waals surface area (Å²) < 4.78 is 0.